The van der Waals surface area contributed by atoms with Gasteiger partial charge in [-0.15, -0.1) is 0 Å². The third-order valence-electron chi connectivity index (χ3n) is 4.78. The Hall–Kier alpha value is -0.0800. The lowest BCUT2D eigenvalue weighted by Gasteiger charge is -2.42. The second kappa shape index (κ2) is 5.05. The topological polar surface area (TPSA) is 29.3 Å². The maximum Gasteiger partial charge on any atom is 0.00739 e. The van der Waals surface area contributed by atoms with Gasteiger partial charge in [-0.25, -0.2) is 0 Å². The van der Waals surface area contributed by atoms with Crippen molar-refractivity contribution >= 4 is 0 Å². The number of hydrogen-bond acceptors (Lipinski definition) is 2. The first-order valence-corrected chi connectivity index (χ1v) is 6.77. The Morgan fingerprint density at radius 3 is 2.19 bits per heavy atom. The molecule has 1 aliphatic rings. The molecule has 16 heavy (non-hydrogen) atoms. The van der Waals surface area contributed by atoms with Crippen LogP contribution >= 0.6 is 0 Å². The van der Waals surface area contributed by atoms with E-state index >= 15 is 0 Å². The molecule has 0 aromatic rings. The van der Waals surface area contributed by atoms with E-state index in [9.17, 15) is 0 Å². The van der Waals surface area contributed by atoms with Gasteiger partial charge in [-0.2, -0.15) is 0 Å². The molecule has 1 heterocycles. The highest BCUT2D eigenvalue weighted by Gasteiger charge is 2.32. The largest absolute Gasteiger partial charge is 0.327 e. The van der Waals surface area contributed by atoms with Crippen LogP contribution in [0.4, 0.5) is 0 Å². The summed E-state index contributed by atoms with van der Waals surface area (Å²) in [4.78, 5) is 2.60. The van der Waals surface area contributed by atoms with Crippen LogP contribution in [0.3, 0.4) is 0 Å². The molecule has 0 aliphatic carbocycles. The fourth-order valence-electron chi connectivity index (χ4n) is 2.32. The summed E-state index contributed by atoms with van der Waals surface area (Å²) in [6.07, 6.45) is 4.01. The molecule has 1 atom stereocenters. The van der Waals surface area contributed by atoms with Crippen molar-refractivity contribution in [2.45, 2.75) is 59.9 Å². The van der Waals surface area contributed by atoms with Crippen molar-refractivity contribution in [3.8, 4) is 0 Å². The molecule has 1 aliphatic heterocycles. The Bertz CT molecular complexity index is 213. The summed E-state index contributed by atoms with van der Waals surface area (Å²) in [6.45, 7) is 15.1. The molecule has 0 amide bonds. The highest BCUT2D eigenvalue weighted by Crippen LogP contribution is 2.35. The molecule has 0 aromatic carbocycles. The molecule has 1 rings (SSSR count). The number of piperidine rings is 1. The van der Waals surface area contributed by atoms with Crippen LogP contribution < -0.4 is 5.73 Å². The Labute approximate surface area is 102 Å². The fourth-order valence-corrected chi connectivity index (χ4v) is 2.32. The quantitative estimate of drug-likeness (QED) is 0.798. The number of nitrogens with zero attached hydrogens (tertiary/aromatic N) is 1. The van der Waals surface area contributed by atoms with Crippen LogP contribution in [0.15, 0.2) is 0 Å². The summed E-state index contributed by atoms with van der Waals surface area (Å²) in [5, 5.41) is 0. The van der Waals surface area contributed by atoms with Crippen molar-refractivity contribution < 1.29 is 0 Å². The maximum atomic E-state index is 6.04. The van der Waals surface area contributed by atoms with Gasteiger partial charge in [0.2, 0.25) is 0 Å². The number of hydrogen-bond donors (Lipinski definition) is 1. The average Bonchev–Trinajstić information content (AvgIpc) is 2.21. The lowest BCUT2D eigenvalue weighted by atomic mass is 9.77. The predicted octanol–water partition coefficient (Wildman–Crippen LogP) is 2.87. The minimum absolute atomic E-state index is 0.236. The minimum atomic E-state index is 0.236. The van der Waals surface area contributed by atoms with E-state index in [0.29, 0.717) is 5.41 Å². The van der Waals surface area contributed by atoms with Crippen LogP contribution in [0.1, 0.15) is 53.9 Å². The van der Waals surface area contributed by atoms with Crippen molar-refractivity contribution in [3.63, 3.8) is 0 Å². The van der Waals surface area contributed by atoms with E-state index in [0.717, 1.165) is 6.54 Å². The van der Waals surface area contributed by atoms with Crippen LogP contribution in [0.5, 0.6) is 0 Å². The molecule has 0 bridgehead atoms. The molecular formula is C14H30N2. The van der Waals surface area contributed by atoms with Crippen molar-refractivity contribution in [1.82, 2.24) is 4.90 Å². The van der Waals surface area contributed by atoms with E-state index in [2.05, 4.69) is 39.5 Å². The van der Waals surface area contributed by atoms with Gasteiger partial charge in [-0.3, -0.25) is 0 Å². The number of rotatable bonds is 4. The molecule has 1 unspecified atom stereocenters. The van der Waals surface area contributed by atoms with Crippen LogP contribution in [0, 0.1) is 10.8 Å². The van der Waals surface area contributed by atoms with Crippen molar-refractivity contribution in [1.29, 1.82) is 0 Å². The molecule has 1 fully saturated rings. The Morgan fingerprint density at radius 2 is 1.81 bits per heavy atom. The first kappa shape index (κ1) is 14.0. The Morgan fingerprint density at radius 1 is 1.31 bits per heavy atom. The summed E-state index contributed by atoms with van der Waals surface area (Å²) < 4.78 is 0. The minimum Gasteiger partial charge on any atom is -0.327 e. The Balaban J connectivity index is 2.43. The fraction of sp³-hybridized carbons (Fsp3) is 1.00. The molecule has 0 radical (unpaired) electrons. The van der Waals surface area contributed by atoms with Gasteiger partial charge in [0, 0.05) is 12.6 Å². The third kappa shape index (κ3) is 3.46. The zero-order chi connectivity index (χ0) is 12.4. The molecular weight excluding hydrogens is 196 g/mol. The van der Waals surface area contributed by atoms with Crippen molar-refractivity contribution in [2.24, 2.45) is 16.6 Å². The maximum absolute atomic E-state index is 6.04. The van der Waals surface area contributed by atoms with Crippen LogP contribution in [-0.4, -0.2) is 30.6 Å². The molecule has 1 saturated heterocycles. The first-order valence-electron chi connectivity index (χ1n) is 6.77. The standard InChI is InChI=1S/C14H30N2/c1-6-14(5)7-9-16(10-8-14)11-13(3,4)12(2)15/h12H,6-11,15H2,1-5H3. The van der Waals surface area contributed by atoms with E-state index in [4.69, 9.17) is 5.73 Å². The highest BCUT2D eigenvalue weighted by atomic mass is 15.1. The first-order chi connectivity index (χ1) is 7.29. The van der Waals surface area contributed by atoms with Gasteiger partial charge < -0.3 is 10.6 Å². The van der Waals surface area contributed by atoms with Gasteiger partial charge in [0.25, 0.3) is 0 Å². The molecule has 0 spiro atoms. The molecule has 0 saturated carbocycles. The lowest BCUT2D eigenvalue weighted by Crippen LogP contribution is -2.48. The van der Waals surface area contributed by atoms with Crippen molar-refractivity contribution in [3.05, 3.63) is 0 Å². The number of nitrogens with two attached hydrogens (primary N) is 1. The van der Waals surface area contributed by atoms with E-state index in [1.54, 1.807) is 0 Å². The zero-order valence-corrected chi connectivity index (χ0v) is 11.8. The van der Waals surface area contributed by atoms with Gasteiger partial charge in [0.1, 0.15) is 0 Å². The van der Waals surface area contributed by atoms with Gasteiger partial charge in [-0.1, -0.05) is 34.1 Å². The van der Waals surface area contributed by atoms with Crippen molar-refractivity contribution in [2.75, 3.05) is 19.6 Å². The summed E-state index contributed by atoms with van der Waals surface area (Å²) in [5.74, 6) is 0. The second-order valence-corrected chi connectivity index (χ2v) is 6.72. The van der Waals surface area contributed by atoms with Crippen LogP contribution in [-0.2, 0) is 0 Å². The Kier molecular flexibility index (Phi) is 4.42. The zero-order valence-electron chi connectivity index (χ0n) is 11.8. The van der Waals surface area contributed by atoms with Crippen LogP contribution in [0.25, 0.3) is 0 Å². The van der Waals surface area contributed by atoms with Gasteiger partial charge in [-0.05, 0) is 43.7 Å². The SMILES string of the molecule is CCC1(C)CCN(CC(C)(C)C(C)N)CC1. The summed E-state index contributed by atoms with van der Waals surface area (Å²) in [6, 6.07) is 0.270. The monoisotopic (exact) mass is 226 g/mol. The molecule has 96 valence electrons. The third-order valence-corrected chi connectivity index (χ3v) is 4.78. The van der Waals surface area contributed by atoms with E-state index in [1.807, 2.05) is 0 Å². The molecule has 0 aromatic heterocycles. The van der Waals surface area contributed by atoms with Gasteiger partial charge in [0.05, 0.1) is 0 Å². The molecule has 2 nitrogen and oxygen atoms in total. The molecule has 2 N–H and O–H groups in total. The van der Waals surface area contributed by atoms with Gasteiger partial charge >= 0.3 is 0 Å². The van der Waals surface area contributed by atoms with E-state index < -0.39 is 0 Å². The average molecular weight is 226 g/mol. The normalized spacial score (nSPS) is 24.4. The summed E-state index contributed by atoms with van der Waals surface area (Å²) in [5.41, 5.74) is 6.87. The summed E-state index contributed by atoms with van der Waals surface area (Å²) >= 11 is 0. The van der Waals surface area contributed by atoms with Crippen LogP contribution in [0.2, 0.25) is 0 Å². The predicted molar refractivity (Wildman–Crippen MR) is 71.5 cm³/mol. The summed E-state index contributed by atoms with van der Waals surface area (Å²) in [7, 11) is 0. The van der Waals surface area contributed by atoms with E-state index in [1.165, 1.54) is 32.4 Å². The lowest BCUT2D eigenvalue weighted by molar-refractivity contribution is 0.0761. The smallest absolute Gasteiger partial charge is 0.00739 e. The highest BCUT2D eigenvalue weighted by molar-refractivity contribution is 4.86. The molecule has 2 heteroatoms. The van der Waals surface area contributed by atoms with E-state index in [-0.39, 0.29) is 11.5 Å². The van der Waals surface area contributed by atoms with Gasteiger partial charge in [0.15, 0.2) is 0 Å². The number of likely N-dealkylation sites (tertiary alicyclic amines) is 1. The second-order valence-electron chi connectivity index (χ2n) is 6.72.